The van der Waals surface area contributed by atoms with Crippen molar-refractivity contribution in [2.45, 2.75) is 12.5 Å². The monoisotopic (exact) mass is 396 g/mol. The minimum atomic E-state index is -0.799. The van der Waals surface area contributed by atoms with Crippen molar-refractivity contribution >= 4 is 28.8 Å². The molecule has 5 rings (SSSR count). The molecule has 0 spiro atoms. The molecule has 0 bridgehead atoms. The number of nitrogens with one attached hydrogen (secondary N) is 1. The Morgan fingerprint density at radius 1 is 1.13 bits per heavy atom. The van der Waals surface area contributed by atoms with Crippen LogP contribution in [0.15, 0.2) is 73.1 Å². The van der Waals surface area contributed by atoms with E-state index in [0.29, 0.717) is 17.8 Å². The second-order valence-corrected chi connectivity index (χ2v) is 7.46. The average molecular weight is 396 g/mol. The minimum absolute atomic E-state index is 0.150. The SMILES string of the molecule is Nc1cc2c3c(c1)C(c1ccccc1)=C[C@@H](NC(=O)c1cccnc1)C(=O)N3CC2. The highest BCUT2D eigenvalue weighted by Gasteiger charge is 2.36. The van der Waals surface area contributed by atoms with E-state index < -0.39 is 6.04 Å². The van der Waals surface area contributed by atoms with Gasteiger partial charge in [-0.05, 0) is 53.5 Å². The summed E-state index contributed by atoms with van der Waals surface area (Å²) in [5.74, 6) is -0.488. The molecule has 148 valence electrons. The highest BCUT2D eigenvalue weighted by Crippen LogP contribution is 2.42. The van der Waals surface area contributed by atoms with Crippen LogP contribution in [-0.4, -0.2) is 29.4 Å². The Morgan fingerprint density at radius 3 is 2.73 bits per heavy atom. The third-order valence-corrected chi connectivity index (χ3v) is 5.54. The Balaban J connectivity index is 1.64. The number of benzene rings is 2. The number of aromatic nitrogens is 1. The number of carbonyl (C=O) groups excluding carboxylic acids is 2. The van der Waals surface area contributed by atoms with Crippen LogP contribution in [0.4, 0.5) is 11.4 Å². The molecule has 0 unspecified atom stereocenters. The van der Waals surface area contributed by atoms with Crippen LogP contribution in [0, 0.1) is 0 Å². The third kappa shape index (κ3) is 3.03. The van der Waals surface area contributed by atoms with Crippen molar-refractivity contribution in [3.63, 3.8) is 0 Å². The third-order valence-electron chi connectivity index (χ3n) is 5.54. The number of amides is 2. The molecule has 0 fully saturated rings. The molecular weight excluding hydrogens is 376 g/mol. The number of hydrogen-bond donors (Lipinski definition) is 2. The van der Waals surface area contributed by atoms with Gasteiger partial charge in [0.2, 0.25) is 0 Å². The number of carbonyl (C=O) groups is 2. The molecular formula is C24H20N4O2. The summed E-state index contributed by atoms with van der Waals surface area (Å²) in [6.45, 7) is 0.569. The van der Waals surface area contributed by atoms with Crippen molar-refractivity contribution < 1.29 is 9.59 Å². The zero-order chi connectivity index (χ0) is 20.7. The fourth-order valence-corrected chi connectivity index (χ4v) is 4.19. The van der Waals surface area contributed by atoms with Gasteiger partial charge in [0.05, 0.1) is 11.3 Å². The lowest BCUT2D eigenvalue weighted by atomic mass is 9.93. The predicted octanol–water partition coefficient (Wildman–Crippen LogP) is 2.80. The number of rotatable bonds is 3. The molecule has 3 aromatic rings. The maximum atomic E-state index is 13.4. The van der Waals surface area contributed by atoms with Gasteiger partial charge in [0.15, 0.2) is 0 Å². The average Bonchev–Trinajstić information content (AvgIpc) is 3.16. The van der Waals surface area contributed by atoms with E-state index in [4.69, 9.17) is 5.73 Å². The maximum Gasteiger partial charge on any atom is 0.253 e. The lowest BCUT2D eigenvalue weighted by molar-refractivity contribution is -0.119. The Hall–Kier alpha value is -3.93. The topological polar surface area (TPSA) is 88.3 Å². The van der Waals surface area contributed by atoms with Gasteiger partial charge in [-0.15, -0.1) is 0 Å². The predicted molar refractivity (Wildman–Crippen MR) is 116 cm³/mol. The molecule has 6 heteroatoms. The normalized spacial score (nSPS) is 17.2. The fourth-order valence-electron chi connectivity index (χ4n) is 4.19. The van der Waals surface area contributed by atoms with E-state index in [1.165, 1.54) is 6.20 Å². The maximum absolute atomic E-state index is 13.4. The van der Waals surface area contributed by atoms with E-state index in [1.54, 1.807) is 23.2 Å². The van der Waals surface area contributed by atoms with E-state index >= 15 is 0 Å². The van der Waals surface area contributed by atoms with Crippen molar-refractivity contribution in [2.75, 3.05) is 17.2 Å². The van der Waals surface area contributed by atoms with Crippen molar-refractivity contribution in [3.05, 3.63) is 95.3 Å². The Kier molecular flexibility index (Phi) is 4.32. The number of nitrogen functional groups attached to an aromatic ring is 1. The Bertz CT molecular complexity index is 1170. The van der Waals surface area contributed by atoms with Crippen LogP contribution in [0.25, 0.3) is 5.57 Å². The number of pyridine rings is 1. The van der Waals surface area contributed by atoms with E-state index in [0.717, 1.165) is 34.4 Å². The highest BCUT2D eigenvalue weighted by atomic mass is 16.2. The van der Waals surface area contributed by atoms with Gasteiger partial charge in [0.1, 0.15) is 6.04 Å². The van der Waals surface area contributed by atoms with Crippen LogP contribution in [0.1, 0.15) is 27.0 Å². The first-order valence-corrected chi connectivity index (χ1v) is 9.84. The van der Waals surface area contributed by atoms with Crippen LogP contribution in [0.3, 0.4) is 0 Å². The lowest BCUT2D eigenvalue weighted by Gasteiger charge is -2.22. The molecule has 3 N–H and O–H groups in total. The molecule has 2 aliphatic rings. The molecule has 0 radical (unpaired) electrons. The number of nitrogens with zero attached hydrogens (tertiary/aromatic N) is 2. The van der Waals surface area contributed by atoms with Gasteiger partial charge in [-0.3, -0.25) is 14.6 Å². The fraction of sp³-hybridized carbons (Fsp3) is 0.125. The zero-order valence-electron chi connectivity index (χ0n) is 16.2. The van der Waals surface area contributed by atoms with E-state index in [1.807, 2.05) is 48.5 Å². The highest BCUT2D eigenvalue weighted by molar-refractivity contribution is 6.10. The molecule has 2 amide bonds. The van der Waals surface area contributed by atoms with E-state index in [-0.39, 0.29) is 11.8 Å². The summed E-state index contributed by atoms with van der Waals surface area (Å²) < 4.78 is 0. The van der Waals surface area contributed by atoms with Crippen LogP contribution in [0.5, 0.6) is 0 Å². The Morgan fingerprint density at radius 2 is 1.97 bits per heavy atom. The summed E-state index contributed by atoms with van der Waals surface area (Å²) in [6, 6.07) is 16.3. The first-order chi connectivity index (χ1) is 14.6. The van der Waals surface area contributed by atoms with Crippen LogP contribution < -0.4 is 16.0 Å². The largest absolute Gasteiger partial charge is 0.399 e. The van der Waals surface area contributed by atoms with Gasteiger partial charge in [-0.1, -0.05) is 30.3 Å². The smallest absolute Gasteiger partial charge is 0.253 e. The molecule has 6 nitrogen and oxygen atoms in total. The molecule has 2 aliphatic heterocycles. The second-order valence-electron chi connectivity index (χ2n) is 7.46. The van der Waals surface area contributed by atoms with Crippen LogP contribution in [-0.2, 0) is 11.2 Å². The van der Waals surface area contributed by atoms with Gasteiger partial charge in [-0.25, -0.2) is 0 Å². The zero-order valence-corrected chi connectivity index (χ0v) is 16.2. The summed E-state index contributed by atoms with van der Waals surface area (Å²) in [6.07, 6.45) is 5.67. The lowest BCUT2D eigenvalue weighted by Crippen LogP contribution is -2.46. The first kappa shape index (κ1) is 18.1. The van der Waals surface area contributed by atoms with Crippen molar-refractivity contribution in [2.24, 2.45) is 0 Å². The minimum Gasteiger partial charge on any atom is -0.399 e. The standard InChI is InChI=1S/C24H20N4O2/c25-18-11-16-8-10-28-22(16)20(12-18)19(15-5-2-1-3-6-15)13-21(24(28)30)27-23(29)17-7-4-9-26-14-17/h1-7,9,11-14,21H,8,10,25H2,(H,27,29)/t21-/m1/s1. The van der Waals surface area contributed by atoms with Crippen molar-refractivity contribution in [1.29, 1.82) is 0 Å². The molecule has 1 atom stereocenters. The summed E-state index contributed by atoms with van der Waals surface area (Å²) >= 11 is 0. The molecule has 3 heterocycles. The molecule has 0 saturated heterocycles. The van der Waals surface area contributed by atoms with Crippen molar-refractivity contribution in [3.8, 4) is 0 Å². The van der Waals surface area contributed by atoms with Gasteiger partial charge in [-0.2, -0.15) is 0 Å². The molecule has 1 aromatic heterocycles. The Labute approximate surface area is 174 Å². The van der Waals surface area contributed by atoms with Crippen LogP contribution in [0.2, 0.25) is 0 Å². The summed E-state index contributed by atoms with van der Waals surface area (Å²) in [5, 5.41) is 2.88. The second kappa shape index (κ2) is 7.15. The summed E-state index contributed by atoms with van der Waals surface area (Å²) in [4.78, 5) is 32.0. The molecule has 0 saturated carbocycles. The summed E-state index contributed by atoms with van der Waals surface area (Å²) in [7, 11) is 0. The van der Waals surface area contributed by atoms with Gasteiger partial charge < -0.3 is 16.0 Å². The molecule has 30 heavy (non-hydrogen) atoms. The quantitative estimate of drug-likeness (QED) is 0.667. The van der Waals surface area contributed by atoms with Gasteiger partial charge in [0, 0.05) is 30.2 Å². The van der Waals surface area contributed by atoms with Crippen LogP contribution >= 0.6 is 0 Å². The number of anilines is 2. The van der Waals surface area contributed by atoms with Crippen molar-refractivity contribution in [1.82, 2.24) is 10.3 Å². The first-order valence-electron chi connectivity index (χ1n) is 9.84. The number of hydrogen-bond acceptors (Lipinski definition) is 4. The van der Waals surface area contributed by atoms with Gasteiger partial charge in [0.25, 0.3) is 11.8 Å². The number of nitrogens with two attached hydrogens (primary N) is 1. The van der Waals surface area contributed by atoms with Gasteiger partial charge >= 0.3 is 0 Å². The van der Waals surface area contributed by atoms with E-state index in [9.17, 15) is 9.59 Å². The molecule has 0 aliphatic carbocycles. The molecule has 2 aromatic carbocycles. The summed E-state index contributed by atoms with van der Waals surface area (Å²) in [5.41, 5.74) is 12.0. The van der Waals surface area contributed by atoms with E-state index in [2.05, 4.69) is 10.3 Å².